The summed E-state index contributed by atoms with van der Waals surface area (Å²) >= 11 is 0. The van der Waals surface area contributed by atoms with Crippen molar-refractivity contribution < 1.29 is 0 Å². The van der Waals surface area contributed by atoms with Crippen LogP contribution in [-0.2, 0) is 0 Å². The zero-order chi connectivity index (χ0) is 12.6. The van der Waals surface area contributed by atoms with Gasteiger partial charge in [-0.2, -0.15) is 0 Å². The molecule has 0 aromatic carbocycles. The van der Waals surface area contributed by atoms with Crippen molar-refractivity contribution in [2.45, 2.75) is 59.3 Å². The Labute approximate surface area is 108 Å². The zero-order valence-electron chi connectivity index (χ0n) is 12.2. The minimum atomic E-state index is 0.583. The van der Waals surface area contributed by atoms with E-state index < -0.39 is 0 Å². The first-order chi connectivity index (χ1) is 8.20. The summed E-state index contributed by atoms with van der Waals surface area (Å²) < 4.78 is 0. The van der Waals surface area contributed by atoms with E-state index in [0.717, 1.165) is 0 Å². The number of rotatable bonds is 8. The smallest absolute Gasteiger partial charge is 0.0107 e. The predicted octanol–water partition coefficient (Wildman–Crippen LogP) is 3.28. The first-order valence-electron chi connectivity index (χ1n) is 7.63. The molecule has 1 aliphatic rings. The number of nitrogens with one attached hydrogen (secondary N) is 1. The lowest BCUT2D eigenvalue weighted by atomic mass is 9.79. The van der Waals surface area contributed by atoms with E-state index in [1.165, 1.54) is 71.2 Å². The minimum Gasteiger partial charge on any atom is -0.314 e. The van der Waals surface area contributed by atoms with E-state index in [1.807, 2.05) is 0 Å². The molecule has 2 nitrogen and oxygen atoms in total. The molecule has 1 atom stereocenters. The predicted molar refractivity (Wildman–Crippen MR) is 76.5 cm³/mol. The third-order valence-electron chi connectivity index (χ3n) is 4.48. The quantitative estimate of drug-likeness (QED) is 0.655. The fraction of sp³-hybridized carbons (Fsp3) is 1.00. The van der Waals surface area contributed by atoms with Crippen LogP contribution in [0.25, 0.3) is 0 Å². The number of nitrogens with zero attached hydrogens (tertiary/aromatic N) is 1. The van der Waals surface area contributed by atoms with Gasteiger partial charge in [-0.3, -0.25) is 0 Å². The highest BCUT2D eigenvalue weighted by Crippen LogP contribution is 2.32. The zero-order valence-corrected chi connectivity index (χ0v) is 12.2. The Morgan fingerprint density at radius 3 is 2.35 bits per heavy atom. The van der Waals surface area contributed by atoms with Gasteiger partial charge in [-0.05, 0) is 24.8 Å². The monoisotopic (exact) mass is 240 g/mol. The lowest BCUT2D eigenvalue weighted by Crippen LogP contribution is -2.44. The van der Waals surface area contributed by atoms with Gasteiger partial charge in [-0.15, -0.1) is 0 Å². The van der Waals surface area contributed by atoms with Crippen LogP contribution in [0.4, 0.5) is 0 Å². The van der Waals surface area contributed by atoms with Crippen LogP contribution in [0, 0.1) is 5.41 Å². The molecule has 1 aliphatic heterocycles. The van der Waals surface area contributed by atoms with Crippen molar-refractivity contribution in [1.29, 1.82) is 0 Å². The largest absolute Gasteiger partial charge is 0.314 e. The standard InChI is InChI=1S/C15H32N2/c1-4-6-7-8-15(3,5-2)9-12-17-13-10-16-11-14-17/h16H,4-14H2,1-3H3. The third-order valence-corrected chi connectivity index (χ3v) is 4.48. The molecule has 0 bridgehead atoms. The second kappa shape index (κ2) is 8.10. The molecule has 0 aromatic heterocycles. The van der Waals surface area contributed by atoms with Crippen molar-refractivity contribution >= 4 is 0 Å². The Morgan fingerprint density at radius 2 is 1.76 bits per heavy atom. The van der Waals surface area contributed by atoms with Crippen LogP contribution in [-0.4, -0.2) is 37.6 Å². The van der Waals surface area contributed by atoms with Crippen molar-refractivity contribution in [2.24, 2.45) is 5.41 Å². The van der Waals surface area contributed by atoms with Gasteiger partial charge in [0.15, 0.2) is 0 Å². The SMILES string of the molecule is CCCCCC(C)(CC)CCN1CCNCC1. The molecular formula is C15H32N2. The Kier molecular flexibility index (Phi) is 7.14. The van der Waals surface area contributed by atoms with E-state index in [0.29, 0.717) is 5.41 Å². The van der Waals surface area contributed by atoms with Crippen LogP contribution in [0.5, 0.6) is 0 Å². The average molecular weight is 240 g/mol. The van der Waals surface area contributed by atoms with Crippen molar-refractivity contribution in [3.05, 3.63) is 0 Å². The second-order valence-corrected chi connectivity index (χ2v) is 5.96. The molecule has 1 N–H and O–H groups in total. The van der Waals surface area contributed by atoms with E-state index in [1.54, 1.807) is 0 Å². The molecule has 17 heavy (non-hydrogen) atoms. The summed E-state index contributed by atoms with van der Waals surface area (Å²) in [5.41, 5.74) is 0.583. The summed E-state index contributed by atoms with van der Waals surface area (Å²) in [7, 11) is 0. The third kappa shape index (κ3) is 5.87. The normalized spacial score (nSPS) is 21.4. The molecule has 102 valence electrons. The van der Waals surface area contributed by atoms with Crippen molar-refractivity contribution in [1.82, 2.24) is 10.2 Å². The van der Waals surface area contributed by atoms with Crippen LogP contribution in [0.2, 0.25) is 0 Å². The number of piperazine rings is 1. The van der Waals surface area contributed by atoms with Gasteiger partial charge in [0, 0.05) is 26.2 Å². The van der Waals surface area contributed by atoms with Crippen LogP contribution >= 0.6 is 0 Å². The summed E-state index contributed by atoms with van der Waals surface area (Å²) in [5.74, 6) is 0. The summed E-state index contributed by atoms with van der Waals surface area (Å²) in [5, 5.41) is 3.43. The first-order valence-corrected chi connectivity index (χ1v) is 7.63. The summed E-state index contributed by atoms with van der Waals surface area (Å²) in [4.78, 5) is 2.63. The second-order valence-electron chi connectivity index (χ2n) is 5.96. The summed E-state index contributed by atoms with van der Waals surface area (Å²) in [6, 6.07) is 0. The van der Waals surface area contributed by atoms with E-state index in [4.69, 9.17) is 0 Å². The Bertz CT molecular complexity index is 187. The molecule has 0 saturated carbocycles. The summed E-state index contributed by atoms with van der Waals surface area (Å²) in [6.45, 7) is 13.3. The molecule has 1 rings (SSSR count). The average Bonchev–Trinajstić information content (AvgIpc) is 2.38. The van der Waals surface area contributed by atoms with Crippen LogP contribution < -0.4 is 5.32 Å². The molecule has 1 saturated heterocycles. The Balaban J connectivity index is 2.23. The van der Waals surface area contributed by atoms with Crippen LogP contribution in [0.1, 0.15) is 59.3 Å². The van der Waals surface area contributed by atoms with Crippen molar-refractivity contribution in [3.8, 4) is 0 Å². The van der Waals surface area contributed by atoms with Gasteiger partial charge in [0.1, 0.15) is 0 Å². The van der Waals surface area contributed by atoms with Gasteiger partial charge in [0.05, 0.1) is 0 Å². The van der Waals surface area contributed by atoms with E-state index >= 15 is 0 Å². The van der Waals surface area contributed by atoms with Gasteiger partial charge in [-0.1, -0.05) is 46.5 Å². The molecule has 0 aromatic rings. The molecule has 2 heteroatoms. The van der Waals surface area contributed by atoms with Gasteiger partial charge in [0.2, 0.25) is 0 Å². The number of hydrogen-bond acceptors (Lipinski definition) is 2. The fourth-order valence-corrected chi connectivity index (χ4v) is 2.64. The molecule has 0 spiro atoms. The molecular weight excluding hydrogens is 208 g/mol. The minimum absolute atomic E-state index is 0.583. The highest BCUT2D eigenvalue weighted by Gasteiger charge is 2.22. The van der Waals surface area contributed by atoms with E-state index in [9.17, 15) is 0 Å². The Morgan fingerprint density at radius 1 is 1.06 bits per heavy atom. The van der Waals surface area contributed by atoms with Crippen LogP contribution in [0.15, 0.2) is 0 Å². The topological polar surface area (TPSA) is 15.3 Å². The summed E-state index contributed by atoms with van der Waals surface area (Å²) in [6.07, 6.45) is 8.31. The maximum Gasteiger partial charge on any atom is 0.0107 e. The Hall–Kier alpha value is -0.0800. The van der Waals surface area contributed by atoms with Gasteiger partial charge in [-0.25, -0.2) is 0 Å². The number of unbranched alkanes of at least 4 members (excludes halogenated alkanes) is 2. The highest BCUT2D eigenvalue weighted by molar-refractivity contribution is 4.76. The van der Waals surface area contributed by atoms with Gasteiger partial charge in [0.25, 0.3) is 0 Å². The highest BCUT2D eigenvalue weighted by atomic mass is 15.2. The van der Waals surface area contributed by atoms with E-state index in [-0.39, 0.29) is 0 Å². The van der Waals surface area contributed by atoms with Gasteiger partial charge >= 0.3 is 0 Å². The first kappa shape index (κ1) is 15.0. The maximum atomic E-state index is 3.43. The number of hydrogen-bond donors (Lipinski definition) is 1. The molecule has 1 unspecified atom stereocenters. The lowest BCUT2D eigenvalue weighted by molar-refractivity contribution is 0.173. The molecule has 0 amide bonds. The van der Waals surface area contributed by atoms with Gasteiger partial charge < -0.3 is 10.2 Å². The van der Waals surface area contributed by atoms with Crippen molar-refractivity contribution in [3.63, 3.8) is 0 Å². The van der Waals surface area contributed by atoms with Crippen LogP contribution in [0.3, 0.4) is 0 Å². The van der Waals surface area contributed by atoms with E-state index in [2.05, 4.69) is 31.0 Å². The van der Waals surface area contributed by atoms with Crippen molar-refractivity contribution in [2.75, 3.05) is 32.7 Å². The molecule has 0 radical (unpaired) electrons. The molecule has 0 aliphatic carbocycles. The lowest BCUT2D eigenvalue weighted by Gasteiger charge is -2.33. The maximum absolute atomic E-state index is 3.43. The molecule has 1 heterocycles. The fourth-order valence-electron chi connectivity index (χ4n) is 2.64. The molecule has 1 fully saturated rings.